The third-order valence-electron chi connectivity index (χ3n) is 18.4. The number of aliphatic hydroxyl groups is 5. The number of aliphatic hydroxyl groups excluding tert-OH is 5. The summed E-state index contributed by atoms with van der Waals surface area (Å²) in [5.74, 6) is -20.4. The quantitative estimate of drug-likeness (QED) is 0.0269. The first-order chi connectivity index (χ1) is 52.1. The Balaban J connectivity index is 2.49. The highest BCUT2D eigenvalue weighted by Crippen LogP contribution is 2.30. The van der Waals surface area contributed by atoms with Crippen molar-refractivity contribution in [1.29, 1.82) is 0 Å². The number of carbonyl (C=O) groups is 17. The summed E-state index contributed by atoms with van der Waals surface area (Å²) in [6.07, 6.45) is -16.6. The van der Waals surface area contributed by atoms with E-state index in [2.05, 4.69) is 74.4 Å². The summed E-state index contributed by atoms with van der Waals surface area (Å²) in [5.41, 5.74) is 11.3. The molecule has 25 N–H and O–H groups in total. The van der Waals surface area contributed by atoms with E-state index < -0.39 is 285 Å². The van der Waals surface area contributed by atoms with Crippen LogP contribution in [-0.4, -0.2) is 284 Å². The summed E-state index contributed by atoms with van der Waals surface area (Å²) in [6.45, 7) is 19.1. The average molecular weight is 1600 g/mol. The molecule has 43 nitrogen and oxygen atoms in total. The van der Waals surface area contributed by atoms with Gasteiger partial charge in [0.05, 0.1) is 38.6 Å². The summed E-state index contributed by atoms with van der Waals surface area (Å²) >= 11 is 0. The number of aliphatic carboxylic acids is 2. The van der Waals surface area contributed by atoms with E-state index in [0.29, 0.717) is 6.42 Å². The minimum atomic E-state index is -2.11. The Morgan fingerprint density at radius 2 is 0.911 bits per heavy atom. The number of carboxylic acids is 2. The lowest BCUT2D eigenvalue weighted by Crippen LogP contribution is -2.71. The average Bonchev–Trinajstić information content (AvgIpc) is 0.776. The number of carbonyl (C=O) groups excluding carboxylic acids is 15. The molecular weight excluding hydrogens is 1480 g/mol. The van der Waals surface area contributed by atoms with Crippen LogP contribution >= 0.6 is 0 Å². The van der Waals surface area contributed by atoms with Gasteiger partial charge in [-0.2, -0.15) is 0 Å². The number of primary amides is 1. The van der Waals surface area contributed by atoms with Gasteiger partial charge in [0.2, 0.25) is 88.6 Å². The molecule has 15 amide bonds. The van der Waals surface area contributed by atoms with E-state index >= 15 is 0 Å². The molecule has 2 aliphatic rings. The van der Waals surface area contributed by atoms with E-state index in [1.807, 2.05) is 13.8 Å². The van der Waals surface area contributed by atoms with Gasteiger partial charge in [-0.1, -0.05) is 82.1 Å². The molecule has 0 aromatic heterocycles. The molecule has 0 spiro atoms. The molecule has 2 heterocycles. The lowest BCUT2D eigenvalue weighted by Gasteiger charge is -2.48. The Morgan fingerprint density at radius 3 is 1.41 bits per heavy atom. The Labute approximate surface area is 648 Å². The van der Waals surface area contributed by atoms with E-state index in [1.165, 1.54) is 13.8 Å². The fourth-order valence-electron chi connectivity index (χ4n) is 11.6. The number of nitrogens with two attached hydrogens (primary N) is 2. The van der Waals surface area contributed by atoms with Crippen LogP contribution in [0.25, 0.3) is 0 Å². The maximum atomic E-state index is 14.3. The van der Waals surface area contributed by atoms with E-state index in [1.54, 1.807) is 55.4 Å². The van der Waals surface area contributed by atoms with E-state index in [-0.39, 0.29) is 38.0 Å². The molecule has 2 saturated heterocycles. The summed E-state index contributed by atoms with van der Waals surface area (Å²) in [4.78, 5) is 227. The molecule has 23 atom stereocenters. The first-order valence-electron chi connectivity index (χ1n) is 37.0. The maximum Gasteiger partial charge on any atom is 0.326 e. The second kappa shape index (κ2) is 47.2. The zero-order valence-electron chi connectivity index (χ0n) is 65.7. The summed E-state index contributed by atoms with van der Waals surface area (Å²) < 4.78 is 17.5. The van der Waals surface area contributed by atoms with Crippen molar-refractivity contribution in [1.82, 2.24) is 74.4 Å². The third kappa shape index (κ3) is 32.0. The van der Waals surface area contributed by atoms with Gasteiger partial charge in [0.25, 0.3) is 0 Å². The lowest BCUT2D eigenvalue weighted by molar-refractivity contribution is -0.315. The second-order valence-electron chi connectivity index (χ2n) is 29.3. The molecule has 0 aromatic rings. The molecule has 0 aliphatic carbocycles. The smallest absolute Gasteiger partial charge is 0.326 e. The van der Waals surface area contributed by atoms with Crippen LogP contribution in [0.2, 0.25) is 0 Å². The molecule has 2 rings (SSSR count). The molecule has 0 unspecified atom stereocenters. The first kappa shape index (κ1) is 98.7. The van der Waals surface area contributed by atoms with E-state index in [0.717, 1.165) is 20.8 Å². The topological polar surface area (TPSA) is 680 Å². The molecule has 2 aliphatic heterocycles. The summed E-state index contributed by atoms with van der Waals surface area (Å²) in [7, 11) is 0. The zero-order valence-corrected chi connectivity index (χ0v) is 65.7. The van der Waals surface area contributed by atoms with Crippen molar-refractivity contribution in [2.24, 2.45) is 41.1 Å². The SMILES string of the molecule is CC[C@H](C)[C@H](NC(=O)[C@@H](NC(=O)CNC(=O)[C@H](CC(=O)N[C@@H]1O[C@H](CO)[C@@H](O[C@@H]2O[C@H](CO)[C@@H](O)[C@H](O)[C@H]2NC(C)=O)[C@H](O)[C@H]1NC(C)=O)NC(=O)[C@H](C)NC(=O)[C@H](CC(=O)O)NC(=O)[C@H](CC(C)C)NC(=O)[C@H](C)NC(=O)[C@H](C)NC(=O)[C@@H](NC(=O)[C@H](CCC(N)=O)NC(=O)[C@@H](N)CC(C)C)C(C)C)[C@@H](C)CC)C(=O)O. The number of hydrogen-bond donors (Lipinski definition) is 23. The number of hydrogen-bond acceptors (Lipinski definition) is 26. The Bertz CT molecular complexity index is 3280. The van der Waals surface area contributed by atoms with Gasteiger partial charge in [-0.15, -0.1) is 0 Å². The van der Waals surface area contributed by atoms with Crippen LogP contribution in [0, 0.1) is 29.6 Å². The van der Waals surface area contributed by atoms with E-state index in [4.69, 9.17) is 25.7 Å². The first-order valence-corrected chi connectivity index (χ1v) is 37.0. The van der Waals surface area contributed by atoms with Gasteiger partial charge in [0.1, 0.15) is 109 Å². The third-order valence-corrected chi connectivity index (χ3v) is 18.4. The maximum absolute atomic E-state index is 14.3. The Morgan fingerprint density at radius 1 is 0.455 bits per heavy atom. The van der Waals surface area contributed by atoms with Crippen LogP contribution in [-0.2, 0) is 95.7 Å². The van der Waals surface area contributed by atoms with Crippen molar-refractivity contribution < 1.29 is 131 Å². The number of carboxylic acid groups (broad SMARTS) is 2. The minimum Gasteiger partial charge on any atom is -0.481 e. The summed E-state index contributed by atoms with van der Waals surface area (Å²) in [5, 5.41) is 107. The van der Waals surface area contributed by atoms with Crippen LogP contribution in [0.5, 0.6) is 0 Å². The van der Waals surface area contributed by atoms with Crippen LogP contribution in [0.1, 0.15) is 155 Å². The van der Waals surface area contributed by atoms with Gasteiger partial charge in [0, 0.05) is 20.3 Å². The van der Waals surface area contributed by atoms with Gasteiger partial charge < -0.3 is 136 Å². The normalized spacial score (nSPS) is 23.0. The lowest BCUT2D eigenvalue weighted by atomic mass is 9.94. The predicted molar refractivity (Wildman–Crippen MR) is 391 cm³/mol. The molecule has 636 valence electrons. The predicted octanol–water partition coefficient (Wildman–Crippen LogP) is -8.58. The van der Waals surface area contributed by atoms with Crippen molar-refractivity contribution in [2.75, 3.05) is 19.8 Å². The van der Waals surface area contributed by atoms with Gasteiger partial charge in [0.15, 0.2) is 12.5 Å². The van der Waals surface area contributed by atoms with Crippen molar-refractivity contribution in [2.45, 2.75) is 283 Å². The van der Waals surface area contributed by atoms with Crippen molar-refractivity contribution >= 4 is 101 Å². The second-order valence-corrected chi connectivity index (χ2v) is 29.3. The number of nitrogens with one attached hydrogen (secondary N) is 14. The molecule has 112 heavy (non-hydrogen) atoms. The molecule has 0 saturated carbocycles. The fourth-order valence-corrected chi connectivity index (χ4v) is 11.6. The minimum absolute atomic E-state index is 0.0122. The van der Waals surface area contributed by atoms with Crippen molar-refractivity contribution in [3.05, 3.63) is 0 Å². The molecular formula is C69H118N16O27. The fraction of sp³-hybridized carbons (Fsp3) is 0.754. The Hall–Kier alpha value is -9.37. The van der Waals surface area contributed by atoms with Gasteiger partial charge in [-0.05, 0) is 69.6 Å². The highest BCUT2D eigenvalue weighted by atomic mass is 16.7. The van der Waals surface area contributed by atoms with Crippen LogP contribution < -0.4 is 85.9 Å². The van der Waals surface area contributed by atoms with Crippen LogP contribution in [0.15, 0.2) is 0 Å². The standard InChI is InChI=1S/C69H118N16O27/c1-16-30(9)49(66(107)85-50(68(108)109)31(10)17-2)82-46(92)24-72-61(102)40(22-45(91)83-67-51(76-35(14)88)55(97)56(43(26-87)110-67)112-69-52(77-36(15)89)54(96)53(95)42(25-86)111-69)80-59(100)34(13)74-63(104)41(23-47(93)94)81-64(105)39(21-28(5)6)79-58(99)33(12)73-57(98)32(11)75-65(106)48(29(7)8)84-62(103)38(18-19-44(71)90)78-60(101)37(70)20-27(3)4/h27-34,37-43,48-56,67,69,86-87,95-97H,16-26,70H2,1-15H3,(H2,71,90)(H,72,102)(H,73,98)(H,74,104)(H,75,106)(H,76,88)(H,77,89)(H,78,101)(H,79,99)(H,80,100)(H,81,105)(H,82,92)(H,83,91)(H,84,103)(H,85,107)(H,93,94)(H,108,109)/t30-,31-,32-,33-,34-,37-,38-,39-,40-,41-,42+,43+,48-,49-,50-,51+,52+,53+,54+,55+,56+,67+,69-/m0/s1. The van der Waals surface area contributed by atoms with Crippen LogP contribution in [0.4, 0.5) is 0 Å². The van der Waals surface area contributed by atoms with Crippen molar-refractivity contribution in [3.8, 4) is 0 Å². The van der Waals surface area contributed by atoms with Crippen molar-refractivity contribution in [3.63, 3.8) is 0 Å². The molecule has 0 aromatic carbocycles. The zero-order chi connectivity index (χ0) is 85.6. The highest BCUT2D eigenvalue weighted by Gasteiger charge is 2.52. The molecule has 2 fully saturated rings. The summed E-state index contributed by atoms with van der Waals surface area (Å²) in [6, 6.07) is -20.2. The van der Waals surface area contributed by atoms with Crippen LogP contribution in [0.3, 0.4) is 0 Å². The van der Waals surface area contributed by atoms with E-state index in [9.17, 15) is 117 Å². The Kier molecular flexibility index (Phi) is 41.6. The molecule has 0 bridgehead atoms. The molecule has 43 heteroatoms. The number of ether oxygens (including phenoxy) is 3. The number of rotatable bonds is 46. The van der Waals surface area contributed by atoms with Gasteiger partial charge in [-0.3, -0.25) is 76.7 Å². The van der Waals surface area contributed by atoms with Gasteiger partial charge >= 0.3 is 11.9 Å². The number of amides is 15. The molecule has 0 radical (unpaired) electrons. The monoisotopic (exact) mass is 1600 g/mol. The highest BCUT2D eigenvalue weighted by molar-refractivity contribution is 6.00. The van der Waals surface area contributed by atoms with Gasteiger partial charge in [-0.25, -0.2) is 4.79 Å². The largest absolute Gasteiger partial charge is 0.481 e.